The standard InChI is InChI=1S/C16H22N2O3/c1-3-18(15(19)16(2)7-4-8-17-16)10-12-5-6-13-14(9-12)21-11-20-13/h5-6,9,17H,3-4,7-8,10-11H2,1-2H3. The first kappa shape index (κ1) is 14.2. The average molecular weight is 290 g/mol. The molecule has 1 unspecified atom stereocenters. The van der Waals surface area contributed by atoms with E-state index in [1.165, 1.54) is 0 Å². The average Bonchev–Trinajstić information content (AvgIpc) is 3.13. The Morgan fingerprint density at radius 1 is 1.38 bits per heavy atom. The van der Waals surface area contributed by atoms with Gasteiger partial charge in [-0.25, -0.2) is 0 Å². The summed E-state index contributed by atoms with van der Waals surface area (Å²) in [5.41, 5.74) is 0.655. The predicted molar refractivity (Wildman–Crippen MR) is 79.3 cm³/mol. The van der Waals surface area contributed by atoms with Gasteiger partial charge in [-0.3, -0.25) is 4.79 Å². The van der Waals surface area contributed by atoms with Crippen LogP contribution in [0.3, 0.4) is 0 Å². The second-order valence-corrected chi connectivity index (χ2v) is 5.87. The Labute approximate surface area is 125 Å². The normalized spacial score (nSPS) is 23.3. The highest BCUT2D eigenvalue weighted by Gasteiger charge is 2.38. The fraction of sp³-hybridized carbons (Fsp3) is 0.562. The molecule has 5 nitrogen and oxygen atoms in total. The summed E-state index contributed by atoms with van der Waals surface area (Å²) in [5, 5.41) is 3.34. The van der Waals surface area contributed by atoms with Crippen LogP contribution in [0, 0.1) is 0 Å². The molecule has 0 bridgehead atoms. The minimum atomic E-state index is -0.410. The van der Waals surface area contributed by atoms with E-state index in [1.54, 1.807) is 0 Å². The summed E-state index contributed by atoms with van der Waals surface area (Å²) in [6.07, 6.45) is 1.97. The number of nitrogens with one attached hydrogen (secondary N) is 1. The zero-order chi connectivity index (χ0) is 14.9. The summed E-state index contributed by atoms with van der Waals surface area (Å²) in [6, 6.07) is 5.86. The molecule has 0 spiro atoms. The number of fused-ring (bicyclic) bond motifs is 1. The second kappa shape index (κ2) is 5.56. The van der Waals surface area contributed by atoms with Gasteiger partial charge in [0.2, 0.25) is 12.7 Å². The molecule has 2 aliphatic heterocycles. The van der Waals surface area contributed by atoms with Crippen molar-refractivity contribution in [3.05, 3.63) is 23.8 Å². The van der Waals surface area contributed by atoms with Crippen LogP contribution in [0.15, 0.2) is 18.2 Å². The zero-order valence-corrected chi connectivity index (χ0v) is 12.6. The molecule has 114 valence electrons. The first-order valence-corrected chi connectivity index (χ1v) is 7.55. The molecule has 1 aromatic rings. The Morgan fingerprint density at radius 3 is 2.90 bits per heavy atom. The molecule has 1 aromatic carbocycles. The van der Waals surface area contributed by atoms with Crippen LogP contribution in [0.2, 0.25) is 0 Å². The molecule has 1 amide bonds. The largest absolute Gasteiger partial charge is 0.454 e. The van der Waals surface area contributed by atoms with Gasteiger partial charge in [0.15, 0.2) is 11.5 Å². The molecule has 0 aliphatic carbocycles. The predicted octanol–water partition coefficient (Wildman–Crippen LogP) is 1.91. The molecular formula is C16H22N2O3. The number of carbonyl (C=O) groups excluding carboxylic acids is 1. The summed E-state index contributed by atoms with van der Waals surface area (Å²) < 4.78 is 10.7. The van der Waals surface area contributed by atoms with Crippen molar-refractivity contribution in [3.8, 4) is 11.5 Å². The quantitative estimate of drug-likeness (QED) is 0.920. The van der Waals surface area contributed by atoms with E-state index in [2.05, 4.69) is 5.32 Å². The van der Waals surface area contributed by atoms with Crippen LogP contribution in [0.5, 0.6) is 11.5 Å². The van der Waals surface area contributed by atoms with Crippen molar-refractivity contribution in [3.63, 3.8) is 0 Å². The number of hydrogen-bond acceptors (Lipinski definition) is 4. The van der Waals surface area contributed by atoms with E-state index in [0.717, 1.165) is 36.4 Å². The van der Waals surface area contributed by atoms with E-state index in [-0.39, 0.29) is 12.7 Å². The van der Waals surface area contributed by atoms with E-state index < -0.39 is 5.54 Å². The second-order valence-electron chi connectivity index (χ2n) is 5.87. The first-order valence-electron chi connectivity index (χ1n) is 7.55. The molecule has 2 heterocycles. The highest BCUT2D eigenvalue weighted by molar-refractivity contribution is 5.86. The number of hydrogen-bond donors (Lipinski definition) is 1. The maximum atomic E-state index is 12.7. The lowest BCUT2D eigenvalue weighted by molar-refractivity contribution is -0.137. The number of likely N-dealkylation sites (N-methyl/N-ethyl adjacent to an activating group) is 1. The molecule has 21 heavy (non-hydrogen) atoms. The maximum Gasteiger partial charge on any atom is 0.242 e. The van der Waals surface area contributed by atoms with E-state index in [9.17, 15) is 4.79 Å². The number of ether oxygens (including phenoxy) is 2. The molecular weight excluding hydrogens is 268 g/mol. The van der Waals surface area contributed by atoms with Gasteiger partial charge in [0, 0.05) is 13.1 Å². The van der Waals surface area contributed by atoms with Gasteiger partial charge in [0.1, 0.15) is 0 Å². The van der Waals surface area contributed by atoms with Crippen LogP contribution < -0.4 is 14.8 Å². The van der Waals surface area contributed by atoms with Crippen LogP contribution in [0.25, 0.3) is 0 Å². The molecule has 1 fully saturated rings. The molecule has 0 saturated carbocycles. The van der Waals surface area contributed by atoms with Crippen molar-refractivity contribution in [2.75, 3.05) is 19.9 Å². The number of benzene rings is 1. The fourth-order valence-corrected chi connectivity index (χ4v) is 3.01. The molecule has 1 atom stereocenters. The lowest BCUT2D eigenvalue weighted by Crippen LogP contribution is -2.52. The van der Waals surface area contributed by atoms with Gasteiger partial charge in [-0.2, -0.15) is 0 Å². The van der Waals surface area contributed by atoms with Crippen LogP contribution in [0.1, 0.15) is 32.3 Å². The maximum absolute atomic E-state index is 12.7. The Balaban J connectivity index is 1.73. The van der Waals surface area contributed by atoms with Gasteiger partial charge in [0.05, 0.1) is 5.54 Å². The minimum Gasteiger partial charge on any atom is -0.454 e. The van der Waals surface area contributed by atoms with Gasteiger partial charge in [-0.05, 0) is 50.9 Å². The monoisotopic (exact) mass is 290 g/mol. The van der Waals surface area contributed by atoms with Gasteiger partial charge >= 0.3 is 0 Å². The van der Waals surface area contributed by atoms with Crippen LogP contribution in [-0.2, 0) is 11.3 Å². The molecule has 1 saturated heterocycles. The SMILES string of the molecule is CCN(Cc1ccc2c(c1)OCO2)C(=O)C1(C)CCCN1. The third kappa shape index (κ3) is 2.70. The molecule has 1 N–H and O–H groups in total. The highest BCUT2D eigenvalue weighted by atomic mass is 16.7. The summed E-state index contributed by atoms with van der Waals surface area (Å²) in [5.74, 6) is 1.72. The molecule has 3 rings (SSSR count). The van der Waals surface area contributed by atoms with Crippen molar-refractivity contribution < 1.29 is 14.3 Å². The van der Waals surface area contributed by atoms with Crippen LogP contribution in [0.4, 0.5) is 0 Å². The van der Waals surface area contributed by atoms with Crippen molar-refractivity contribution in [2.45, 2.75) is 38.8 Å². The van der Waals surface area contributed by atoms with Crippen molar-refractivity contribution in [1.82, 2.24) is 10.2 Å². The van der Waals surface area contributed by atoms with E-state index in [0.29, 0.717) is 13.1 Å². The smallest absolute Gasteiger partial charge is 0.242 e. The number of rotatable bonds is 4. The van der Waals surface area contributed by atoms with Gasteiger partial charge in [-0.1, -0.05) is 6.07 Å². The number of nitrogens with zero attached hydrogens (tertiary/aromatic N) is 1. The molecule has 0 aromatic heterocycles. The Morgan fingerprint density at radius 2 is 2.19 bits per heavy atom. The third-order valence-electron chi connectivity index (χ3n) is 4.32. The van der Waals surface area contributed by atoms with Crippen molar-refractivity contribution in [2.24, 2.45) is 0 Å². The van der Waals surface area contributed by atoms with Crippen molar-refractivity contribution >= 4 is 5.91 Å². The molecule has 2 aliphatic rings. The summed E-state index contributed by atoms with van der Waals surface area (Å²) >= 11 is 0. The molecule has 0 radical (unpaired) electrons. The van der Waals surface area contributed by atoms with E-state index in [1.807, 2.05) is 36.9 Å². The zero-order valence-electron chi connectivity index (χ0n) is 12.6. The Bertz CT molecular complexity index is 538. The van der Waals surface area contributed by atoms with E-state index in [4.69, 9.17) is 9.47 Å². The Kier molecular flexibility index (Phi) is 3.76. The summed E-state index contributed by atoms with van der Waals surface area (Å²) in [4.78, 5) is 14.6. The highest BCUT2D eigenvalue weighted by Crippen LogP contribution is 2.33. The molecule has 5 heteroatoms. The third-order valence-corrected chi connectivity index (χ3v) is 4.32. The van der Waals surface area contributed by atoms with Gasteiger partial charge in [0.25, 0.3) is 0 Å². The van der Waals surface area contributed by atoms with Crippen LogP contribution in [-0.4, -0.2) is 36.2 Å². The van der Waals surface area contributed by atoms with E-state index >= 15 is 0 Å². The first-order chi connectivity index (χ1) is 10.1. The topological polar surface area (TPSA) is 50.8 Å². The number of carbonyl (C=O) groups is 1. The summed E-state index contributed by atoms with van der Waals surface area (Å²) in [6.45, 7) is 6.52. The number of amides is 1. The van der Waals surface area contributed by atoms with Crippen LogP contribution >= 0.6 is 0 Å². The van der Waals surface area contributed by atoms with Gasteiger partial charge < -0.3 is 19.7 Å². The lowest BCUT2D eigenvalue weighted by Gasteiger charge is -2.31. The minimum absolute atomic E-state index is 0.181. The lowest BCUT2D eigenvalue weighted by atomic mass is 9.98. The van der Waals surface area contributed by atoms with Crippen molar-refractivity contribution in [1.29, 1.82) is 0 Å². The summed E-state index contributed by atoms with van der Waals surface area (Å²) in [7, 11) is 0. The van der Waals surface area contributed by atoms with Gasteiger partial charge in [-0.15, -0.1) is 0 Å². The Hall–Kier alpha value is -1.75. The fourth-order valence-electron chi connectivity index (χ4n) is 3.01.